The summed E-state index contributed by atoms with van der Waals surface area (Å²) < 4.78 is 14.0. The van der Waals surface area contributed by atoms with Crippen molar-refractivity contribution in [2.75, 3.05) is 24.3 Å². The molecule has 0 unspecified atom stereocenters. The van der Waals surface area contributed by atoms with Gasteiger partial charge >= 0.3 is 12.1 Å². The third-order valence-electron chi connectivity index (χ3n) is 2.77. The van der Waals surface area contributed by atoms with Gasteiger partial charge in [0.25, 0.3) is 0 Å². The van der Waals surface area contributed by atoms with E-state index in [1.807, 2.05) is 0 Å². The first kappa shape index (κ1) is 17.2. The molecule has 0 atom stereocenters. The molecular formula is C13H16N4O4S2. The molecule has 0 bridgehead atoms. The molecule has 124 valence electrons. The van der Waals surface area contributed by atoms with E-state index in [2.05, 4.69) is 14.7 Å². The number of carbonyl (C=O) groups is 2. The van der Waals surface area contributed by atoms with Gasteiger partial charge in [0.05, 0.1) is 23.7 Å². The number of nitrogens with zero attached hydrogens (tertiary/aromatic N) is 2. The van der Waals surface area contributed by atoms with Gasteiger partial charge < -0.3 is 15.2 Å². The number of amides is 1. The van der Waals surface area contributed by atoms with Crippen LogP contribution >= 0.6 is 22.9 Å². The van der Waals surface area contributed by atoms with E-state index in [4.69, 9.17) is 15.2 Å². The standard InChI is InChI=1S/C13H16N4O4S2/c1-4-20-11(18)7-6(3)8(22-9(7)14)10-15-12(23-17-10)16-13(19)21-5-2/h4-5,14H2,1-3H3,(H,15,16,17,19). The SMILES string of the molecule is CCOC(=O)Nc1nc(-c2sc(N)c(C(=O)OCC)c2C)ns1. The third-order valence-corrected chi connectivity index (χ3v) is 4.51. The van der Waals surface area contributed by atoms with Crippen molar-refractivity contribution in [1.29, 1.82) is 0 Å². The van der Waals surface area contributed by atoms with Crippen molar-refractivity contribution in [2.24, 2.45) is 0 Å². The van der Waals surface area contributed by atoms with Crippen LogP contribution in [0.3, 0.4) is 0 Å². The Bertz CT molecular complexity index is 726. The van der Waals surface area contributed by atoms with Crippen LogP contribution in [0.2, 0.25) is 0 Å². The lowest BCUT2D eigenvalue weighted by atomic mass is 10.1. The lowest BCUT2D eigenvalue weighted by Crippen LogP contribution is -2.12. The minimum absolute atomic E-state index is 0.265. The number of rotatable bonds is 5. The molecule has 0 saturated heterocycles. The third kappa shape index (κ3) is 3.77. The monoisotopic (exact) mass is 356 g/mol. The Hall–Kier alpha value is -2.20. The van der Waals surface area contributed by atoms with Crippen molar-refractivity contribution in [3.05, 3.63) is 11.1 Å². The molecule has 8 nitrogen and oxygen atoms in total. The van der Waals surface area contributed by atoms with E-state index in [1.165, 1.54) is 11.3 Å². The highest BCUT2D eigenvalue weighted by Crippen LogP contribution is 2.38. The Kier molecular flexibility index (Phi) is 5.50. The first-order valence-corrected chi connectivity index (χ1v) is 8.40. The molecule has 2 aromatic heterocycles. The van der Waals surface area contributed by atoms with Gasteiger partial charge in [-0.1, -0.05) is 0 Å². The number of nitrogens with one attached hydrogen (secondary N) is 1. The zero-order valence-corrected chi connectivity index (χ0v) is 14.5. The molecule has 0 aliphatic rings. The molecule has 2 heterocycles. The molecule has 0 saturated carbocycles. The summed E-state index contributed by atoms with van der Waals surface area (Å²) in [6, 6.07) is 0. The number of anilines is 2. The van der Waals surface area contributed by atoms with Crippen LogP contribution in [0, 0.1) is 6.92 Å². The van der Waals surface area contributed by atoms with Crippen molar-refractivity contribution in [3.63, 3.8) is 0 Å². The van der Waals surface area contributed by atoms with Crippen LogP contribution in [0.15, 0.2) is 0 Å². The van der Waals surface area contributed by atoms with Gasteiger partial charge in [-0.15, -0.1) is 11.3 Å². The van der Waals surface area contributed by atoms with Crippen LogP contribution < -0.4 is 11.1 Å². The number of carbonyl (C=O) groups excluding carboxylic acids is 2. The summed E-state index contributed by atoms with van der Waals surface area (Å²) in [5, 5.41) is 3.14. The Morgan fingerprint density at radius 2 is 1.96 bits per heavy atom. The van der Waals surface area contributed by atoms with Crippen LogP contribution in [0.25, 0.3) is 10.7 Å². The number of nitrogen functional groups attached to an aromatic ring is 1. The van der Waals surface area contributed by atoms with Gasteiger partial charge in [-0.25, -0.2) is 9.59 Å². The lowest BCUT2D eigenvalue weighted by molar-refractivity contribution is 0.0527. The van der Waals surface area contributed by atoms with Crippen molar-refractivity contribution >= 4 is 45.1 Å². The number of hydrogen-bond donors (Lipinski definition) is 2. The second-order valence-electron chi connectivity index (χ2n) is 4.28. The summed E-state index contributed by atoms with van der Waals surface area (Å²) in [5.41, 5.74) is 6.91. The Labute approximate surface area is 140 Å². The highest BCUT2D eigenvalue weighted by atomic mass is 32.1. The molecule has 0 spiro atoms. The quantitative estimate of drug-likeness (QED) is 0.791. The Morgan fingerprint density at radius 3 is 2.61 bits per heavy atom. The average molecular weight is 356 g/mol. The van der Waals surface area contributed by atoms with Crippen molar-refractivity contribution < 1.29 is 19.1 Å². The van der Waals surface area contributed by atoms with Crippen molar-refractivity contribution in [3.8, 4) is 10.7 Å². The predicted octanol–water partition coefficient (Wildman–Crippen LogP) is 2.90. The van der Waals surface area contributed by atoms with Gasteiger partial charge in [0.2, 0.25) is 5.13 Å². The lowest BCUT2D eigenvalue weighted by Gasteiger charge is -2.02. The fraction of sp³-hybridized carbons (Fsp3) is 0.385. The number of nitrogens with two attached hydrogens (primary N) is 1. The van der Waals surface area contributed by atoms with Gasteiger partial charge in [-0.3, -0.25) is 5.32 Å². The molecule has 10 heteroatoms. The molecule has 0 aromatic carbocycles. The fourth-order valence-electron chi connectivity index (χ4n) is 1.83. The molecule has 2 rings (SSSR count). The number of aromatic nitrogens is 2. The molecule has 0 radical (unpaired) electrons. The molecule has 0 aliphatic heterocycles. The highest BCUT2D eigenvalue weighted by Gasteiger charge is 2.23. The largest absolute Gasteiger partial charge is 0.462 e. The fourth-order valence-corrected chi connectivity index (χ4v) is 3.44. The van der Waals surface area contributed by atoms with E-state index >= 15 is 0 Å². The van der Waals surface area contributed by atoms with Gasteiger partial charge in [0.15, 0.2) is 5.82 Å². The van der Waals surface area contributed by atoms with Crippen molar-refractivity contribution in [1.82, 2.24) is 9.36 Å². The molecule has 1 amide bonds. The average Bonchev–Trinajstić information content (AvgIpc) is 3.04. The van der Waals surface area contributed by atoms with Crippen molar-refractivity contribution in [2.45, 2.75) is 20.8 Å². The molecular weight excluding hydrogens is 340 g/mol. The number of ether oxygens (including phenoxy) is 2. The maximum absolute atomic E-state index is 11.9. The van der Waals surface area contributed by atoms with E-state index in [0.717, 1.165) is 11.5 Å². The van der Waals surface area contributed by atoms with Gasteiger partial charge in [0, 0.05) is 11.5 Å². The van der Waals surface area contributed by atoms with Crippen LogP contribution in [0.1, 0.15) is 29.8 Å². The van der Waals surface area contributed by atoms with E-state index in [9.17, 15) is 9.59 Å². The summed E-state index contributed by atoms with van der Waals surface area (Å²) in [5.74, 6) is -0.0725. The Balaban J connectivity index is 2.26. The van der Waals surface area contributed by atoms with Crippen LogP contribution in [0.5, 0.6) is 0 Å². The second-order valence-corrected chi connectivity index (χ2v) is 6.09. The summed E-state index contributed by atoms with van der Waals surface area (Å²) in [6.07, 6.45) is -0.593. The number of hydrogen-bond acceptors (Lipinski definition) is 9. The zero-order chi connectivity index (χ0) is 17.0. The van der Waals surface area contributed by atoms with Crippen LogP contribution in [-0.4, -0.2) is 34.6 Å². The molecule has 2 aromatic rings. The number of thiophene rings is 1. The summed E-state index contributed by atoms with van der Waals surface area (Å²) in [4.78, 5) is 28.2. The van der Waals surface area contributed by atoms with E-state index in [0.29, 0.717) is 32.0 Å². The highest BCUT2D eigenvalue weighted by molar-refractivity contribution is 7.20. The zero-order valence-electron chi connectivity index (χ0n) is 12.8. The van der Waals surface area contributed by atoms with Gasteiger partial charge in [0.1, 0.15) is 5.00 Å². The predicted molar refractivity (Wildman–Crippen MR) is 89.0 cm³/mol. The first-order chi connectivity index (χ1) is 11.0. The van der Waals surface area contributed by atoms with Gasteiger partial charge in [-0.2, -0.15) is 9.36 Å². The summed E-state index contributed by atoms with van der Waals surface area (Å²) in [6.45, 7) is 5.73. The first-order valence-electron chi connectivity index (χ1n) is 6.81. The minimum Gasteiger partial charge on any atom is -0.462 e. The van der Waals surface area contributed by atoms with Crippen LogP contribution in [-0.2, 0) is 9.47 Å². The normalized spacial score (nSPS) is 10.4. The maximum atomic E-state index is 11.9. The Morgan fingerprint density at radius 1 is 1.26 bits per heavy atom. The molecule has 23 heavy (non-hydrogen) atoms. The summed E-state index contributed by atoms with van der Waals surface area (Å²) >= 11 is 2.22. The van der Waals surface area contributed by atoms with E-state index in [1.54, 1.807) is 20.8 Å². The molecule has 0 aliphatic carbocycles. The van der Waals surface area contributed by atoms with Gasteiger partial charge in [-0.05, 0) is 26.3 Å². The molecule has 0 fully saturated rings. The summed E-state index contributed by atoms with van der Waals surface area (Å²) in [7, 11) is 0. The minimum atomic E-state index is -0.593. The molecule has 3 N–H and O–H groups in total. The topological polar surface area (TPSA) is 116 Å². The number of esters is 1. The van der Waals surface area contributed by atoms with E-state index < -0.39 is 12.1 Å². The second kappa shape index (κ2) is 7.38. The smallest absolute Gasteiger partial charge is 0.413 e. The van der Waals surface area contributed by atoms with Crippen LogP contribution in [0.4, 0.5) is 14.9 Å². The van der Waals surface area contributed by atoms with E-state index in [-0.39, 0.29) is 13.2 Å². The maximum Gasteiger partial charge on any atom is 0.413 e.